The van der Waals surface area contributed by atoms with E-state index in [2.05, 4.69) is 12.0 Å². The molecule has 0 saturated heterocycles. The molecule has 0 bridgehead atoms. The molecule has 0 saturated carbocycles. The lowest BCUT2D eigenvalue weighted by Crippen LogP contribution is -2.04. The van der Waals surface area contributed by atoms with Gasteiger partial charge in [0, 0.05) is 12.6 Å². The van der Waals surface area contributed by atoms with Gasteiger partial charge >= 0.3 is 0 Å². The molecule has 1 heterocycles. The van der Waals surface area contributed by atoms with E-state index in [1.54, 1.807) is 13.2 Å². The van der Waals surface area contributed by atoms with Crippen LogP contribution >= 0.6 is 0 Å². The van der Waals surface area contributed by atoms with Crippen LogP contribution in [0.1, 0.15) is 23.9 Å². The van der Waals surface area contributed by atoms with Gasteiger partial charge in [-0.05, 0) is 30.7 Å². The molecule has 1 aromatic heterocycles. The molecule has 0 spiro atoms. The largest absolute Gasteiger partial charge is 0.497 e. The van der Waals surface area contributed by atoms with Crippen molar-refractivity contribution in [3.63, 3.8) is 0 Å². The first kappa shape index (κ1) is 14.4. The van der Waals surface area contributed by atoms with Crippen molar-refractivity contribution >= 4 is 0 Å². The molecule has 2 rings (SSSR count). The van der Waals surface area contributed by atoms with Crippen molar-refractivity contribution in [2.24, 2.45) is 7.05 Å². The number of hydrogen-bond donors (Lipinski definition) is 1. The number of rotatable bonds is 6. The molecule has 0 fully saturated rings. The van der Waals surface area contributed by atoms with Crippen LogP contribution in [-0.2, 0) is 26.7 Å². The van der Waals surface area contributed by atoms with Gasteiger partial charge in [0.25, 0.3) is 0 Å². The van der Waals surface area contributed by atoms with Crippen LogP contribution in [0.3, 0.4) is 0 Å². The Morgan fingerprint density at radius 2 is 2.10 bits per heavy atom. The molecule has 0 unspecified atom stereocenters. The fourth-order valence-corrected chi connectivity index (χ4v) is 1.98. The highest BCUT2D eigenvalue weighted by Crippen LogP contribution is 2.25. The summed E-state index contributed by atoms with van der Waals surface area (Å²) in [5.41, 5.74) is 2.76. The highest BCUT2D eigenvalue weighted by molar-refractivity contribution is 5.40. The molecule has 0 aliphatic heterocycles. The minimum atomic E-state index is -0.0852. The van der Waals surface area contributed by atoms with E-state index in [1.807, 2.05) is 29.9 Å². The van der Waals surface area contributed by atoms with Gasteiger partial charge in [-0.1, -0.05) is 6.92 Å². The quantitative estimate of drug-likeness (QED) is 0.877. The Morgan fingerprint density at radius 1 is 1.30 bits per heavy atom. The topological polar surface area (TPSA) is 56.5 Å². The van der Waals surface area contributed by atoms with E-state index in [-0.39, 0.29) is 6.61 Å². The van der Waals surface area contributed by atoms with Crippen LogP contribution in [0.5, 0.6) is 11.5 Å². The zero-order valence-electron chi connectivity index (χ0n) is 12.1. The highest BCUT2D eigenvalue weighted by atomic mass is 16.5. The number of aromatic nitrogens is 2. The van der Waals surface area contributed by atoms with E-state index in [1.165, 1.54) is 0 Å². The average Bonchev–Trinajstić information content (AvgIpc) is 2.85. The number of aliphatic hydroxyl groups excluding tert-OH is 1. The van der Waals surface area contributed by atoms with Crippen molar-refractivity contribution < 1.29 is 14.6 Å². The zero-order chi connectivity index (χ0) is 14.5. The van der Waals surface area contributed by atoms with Crippen molar-refractivity contribution in [1.29, 1.82) is 0 Å². The smallest absolute Gasteiger partial charge is 0.130 e. The van der Waals surface area contributed by atoms with Crippen LogP contribution < -0.4 is 9.47 Å². The van der Waals surface area contributed by atoms with E-state index in [9.17, 15) is 5.11 Å². The molecule has 5 nitrogen and oxygen atoms in total. The number of methoxy groups -OCH3 is 1. The molecular weight excluding hydrogens is 256 g/mol. The molecule has 1 aromatic carbocycles. The van der Waals surface area contributed by atoms with E-state index in [4.69, 9.17) is 9.47 Å². The van der Waals surface area contributed by atoms with Crippen LogP contribution in [-0.4, -0.2) is 22.0 Å². The lowest BCUT2D eigenvalue weighted by Gasteiger charge is -2.11. The van der Waals surface area contributed by atoms with Crippen LogP contribution in [0.4, 0.5) is 0 Å². The third kappa shape index (κ3) is 3.11. The van der Waals surface area contributed by atoms with Crippen LogP contribution in [0.2, 0.25) is 0 Å². The summed E-state index contributed by atoms with van der Waals surface area (Å²) in [4.78, 5) is 0. The van der Waals surface area contributed by atoms with Gasteiger partial charge in [-0.25, -0.2) is 0 Å². The second kappa shape index (κ2) is 6.43. The second-order valence-electron chi connectivity index (χ2n) is 4.52. The van der Waals surface area contributed by atoms with Crippen molar-refractivity contribution in [3.8, 4) is 11.5 Å². The third-order valence-corrected chi connectivity index (χ3v) is 3.20. The summed E-state index contributed by atoms with van der Waals surface area (Å²) in [5, 5.41) is 13.8. The van der Waals surface area contributed by atoms with Gasteiger partial charge in [0.15, 0.2) is 0 Å². The molecule has 108 valence electrons. The highest BCUT2D eigenvalue weighted by Gasteiger charge is 2.08. The van der Waals surface area contributed by atoms with Crippen molar-refractivity contribution in [3.05, 3.63) is 41.2 Å². The number of benzene rings is 1. The van der Waals surface area contributed by atoms with E-state index in [0.29, 0.717) is 23.7 Å². The minimum absolute atomic E-state index is 0.0852. The fraction of sp³-hybridized carbons (Fsp3) is 0.400. The van der Waals surface area contributed by atoms with Crippen molar-refractivity contribution in [2.75, 3.05) is 7.11 Å². The Kier molecular flexibility index (Phi) is 4.63. The lowest BCUT2D eigenvalue weighted by atomic mass is 10.2. The van der Waals surface area contributed by atoms with Gasteiger partial charge in [0.1, 0.15) is 18.1 Å². The first-order valence-corrected chi connectivity index (χ1v) is 6.60. The average molecular weight is 276 g/mol. The predicted molar refractivity (Wildman–Crippen MR) is 75.8 cm³/mol. The van der Waals surface area contributed by atoms with Crippen molar-refractivity contribution in [1.82, 2.24) is 9.78 Å². The number of ether oxygens (including phenoxy) is 2. The summed E-state index contributed by atoms with van der Waals surface area (Å²) in [7, 11) is 3.50. The Balaban J connectivity index is 2.11. The Morgan fingerprint density at radius 3 is 2.70 bits per heavy atom. The van der Waals surface area contributed by atoms with Gasteiger partial charge in [-0.15, -0.1) is 0 Å². The Labute approximate surface area is 118 Å². The van der Waals surface area contributed by atoms with E-state index >= 15 is 0 Å². The third-order valence-electron chi connectivity index (χ3n) is 3.20. The van der Waals surface area contributed by atoms with Crippen molar-refractivity contribution in [2.45, 2.75) is 26.6 Å². The van der Waals surface area contributed by atoms with E-state index < -0.39 is 0 Å². The van der Waals surface area contributed by atoms with Gasteiger partial charge in [-0.3, -0.25) is 4.68 Å². The van der Waals surface area contributed by atoms with Gasteiger partial charge in [0.05, 0.1) is 25.1 Å². The second-order valence-corrected chi connectivity index (χ2v) is 4.52. The molecule has 20 heavy (non-hydrogen) atoms. The van der Waals surface area contributed by atoms with Crippen LogP contribution in [0.15, 0.2) is 24.3 Å². The summed E-state index contributed by atoms with van der Waals surface area (Å²) >= 11 is 0. The molecule has 5 heteroatoms. The molecular formula is C15H20N2O3. The Hall–Kier alpha value is -2.01. The van der Waals surface area contributed by atoms with E-state index in [0.717, 1.165) is 17.8 Å². The predicted octanol–water partition coefficient (Wildman–Crippen LogP) is 2.06. The maximum absolute atomic E-state index is 9.38. The summed E-state index contributed by atoms with van der Waals surface area (Å²) in [6, 6.07) is 7.43. The molecule has 0 atom stereocenters. The van der Waals surface area contributed by atoms with Crippen LogP contribution in [0.25, 0.3) is 0 Å². The molecule has 2 aromatic rings. The maximum Gasteiger partial charge on any atom is 0.130 e. The van der Waals surface area contributed by atoms with Crippen LogP contribution in [0, 0.1) is 0 Å². The molecule has 0 aliphatic rings. The monoisotopic (exact) mass is 276 g/mol. The molecule has 0 amide bonds. The first-order valence-electron chi connectivity index (χ1n) is 6.60. The fourth-order valence-electron chi connectivity index (χ4n) is 1.98. The normalized spacial score (nSPS) is 10.6. The number of aliphatic hydroxyl groups is 1. The minimum Gasteiger partial charge on any atom is -0.497 e. The number of aryl methyl sites for hydroxylation is 2. The first-order chi connectivity index (χ1) is 9.67. The van der Waals surface area contributed by atoms with Gasteiger partial charge in [-0.2, -0.15) is 5.10 Å². The number of hydrogen-bond acceptors (Lipinski definition) is 4. The standard InChI is InChI=1S/C15H20N2O3/c1-4-12-8-13(17(2)16-12)10-20-15-6-5-14(19-3)7-11(15)9-18/h5-8,18H,4,9-10H2,1-3H3. The zero-order valence-corrected chi connectivity index (χ0v) is 12.1. The summed E-state index contributed by atoms with van der Waals surface area (Å²) in [6.07, 6.45) is 0.901. The van der Waals surface area contributed by atoms with Gasteiger partial charge < -0.3 is 14.6 Å². The molecule has 1 N–H and O–H groups in total. The number of nitrogens with zero attached hydrogens (tertiary/aromatic N) is 2. The lowest BCUT2D eigenvalue weighted by molar-refractivity contribution is 0.254. The molecule has 0 radical (unpaired) electrons. The summed E-state index contributed by atoms with van der Waals surface area (Å²) in [6.45, 7) is 2.40. The Bertz CT molecular complexity index is 578. The maximum atomic E-state index is 9.38. The SMILES string of the molecule is CCc1cc(COc2ccc(OC)cc2CO)n(C)n1. The summed E-state index contributed by atoms with van der Waals surface area (Å²) < 4.78 is 12.7. The molecule has 0 aliphatic carbocycles. The van der Waals surface area contributed by atoms with Gasteiger partial charge in [0.2, 0.25) is 0 Å². The summed E-state index contributed by atoms with van der Waals surface area (Å²) in [5.74, 6) is 1.36.